The van der Waals surface area contributed by atoms with E-state index in [1.54, 1.807) is 32.2 Å². The number of fused-ring (bicyclic) bond motifs is 2. The SMILES string of the molecule is COc1ccc2nc3c(c(C)nn3C(=O)OCc3ccccc3)c(NCC(=O)O)c2c1.[H-].[Na+]. The Labute approximate surface area is 207 Å². The quantitative estimate of drug-likeness (QED) is 0.418. The molecule has 0 aliphatic heterocycles. The molecule has 0 aliphatic carbocycles. The third-order valence-electron chi connectivity index (χ3n) is 4.78. The van der Waals surface area contributed by atoms with Crippen molar-refractivity contribution in [1.82, 2.24) is 14.8 Å². The van der Waals surface area contributed by atoms with Crippen LogP contribution in [0.1, 0.15) is 12.7 Å². The van der Waals surface area contributed by atoms with Gasteiger partial charge in [0.1, 0.15) is 18.9 Å². The maximum Gasteiger partial charge on any atom is 1.00 e. The molecular weight excluding hydrogens is 423 g/mol. The Bertz CT molecular complexity index is 1300. The average Bonchev–Trinajstić information content (AvgIpc) is 3.11. The Kier molecular flexibility index (Phi) is 7.34. The molecule has 0 unspecified atom stereocenters. The molecule has 0 spiro atoms. The molecule has 10 heteroatoms. The first-order chi connectivity index (χ1) is 15.0. The number of hydrogen-bond acceptors (Lipinski definition) is 7. The number of aryl methyl sites for hydroxylation is 1. The Balaban J connectivity index is 0.00000193. The van der Waals surface area contributed by atoms with Crippen molar-refractivity contribution in [3.8, 4) is 5.75 Å². The summed E-state index contributed by atoms with van der Waals surface area (Å²) in [5, 5.41) is 17.6. The third-order valence-corrected chi connectivity index (χ3v) is 4.78. The van der Waals surface area contributed by atoms with Crippen LogP contribution in [0, 0.1) is 6.92 Å². The zero-order valence-electron chi connectivity index (χ0n) is 19.0. The maximum atomic E-state index is 12.8. The summed E-state index contributed by atoms with van der Waals surface area (Å²) in [7, 11) is 1.55. The van der Waals surface area contributed by atoms with Crippen LogP contribution in [0.2, 0.25) is 0 Å². The minimum absolute atomic E-state index is 0. The topological polar surface area (TPSA) is 116 Å². The van der Waals surface area contributed by atoms with Crippen LogP contribution in [0.3, 0.4) is 0 Å². The van der Waals surface area contributed by atoms with Gasteiger partial charge in [0, 0.05) is 5.39 Å². The average molecular weight is 444 g/mol. The molecule has 2 aromatic heterocycles. The van der Waals surface area contributed by atoms with Gasteiger partial charge in [0.15, 0.2) is 5.65 Å². The number of pyridine rings is 1. The molecule has 0 atom stereocenters. The molecule has 0 saturated heterocycles. The number of nitrogens with zero attached hydrogens (tertiary/aromatic N) is 3. The maximum absolute atomic E-state index is 12.8. The molecule has 0 aliphatic rings. The van der Waals surface area contributed by atoms with Crippen LogP contribution >= 0.6 is 0 Å². The van der Waals surface area contributed by atoms with E-state index in [0.717, 1.165) is 10.2 Å². The van der Waals surface area contributed by atoms with Gasteiger partial charge in [0.25, 0.3) is 0 Å². The second kappa shape index (κ2) is 9.99. The Hall–Kier alpha value is -3.14. The number of carbonyl (C=O) groups is 2. The van der Waals surface area contributed by atoms with E-state index in [4.69, 9.17) is 14.6 Å². The van der Waals surface area contributed by atoms with Crippen molar-refractivity contribution in [1.29, 1.82) is 0 Å². The minimum atomic E-state index is -1.02. The molecule has 0 saturated carbocycles. The van der Waals surface area contributed by atoms with Crippen molar-refractivity contribution in [2.75, 3.05) is 19.0 Å². The van der Waals surface area contributed by atoms with Gasteiger partial charge >= 0.3 is 41.6 Å². The largest absolute Gasteiger partial charge is 1.00 e. The minimum Gasteiger partial charge on any atom is -1.00 e. The van der Waals surface area contributed by atoms with Gasteiger partial charge in [-0.05, 0) is 30.7 Å². The van der Waals surface area contributed by atoms with Gasteiger partial charge in [-0.1, -0.05) is 30.3 Å². The van der Waals surface area contributed by atoms with Crippen LogP contribution in [0.15, 0.2) is 48.5 Å². The number of carbonyl (C=O) groups excluding carboxylic acids is 1. The van der Waals surface area contributed by atoms with Gasteiger partial charge in [0.05, 0.1) is 29.4 Å². The predicted octanol–water partition coefficient (Wildman–Crippen LogP) is 0.699. The van der Waals surface area contributed by atoms with Crippen molar-refractivity contribution in [2.45, 2.75) is 13.5 Å². The van der Waals surface area contributed by atoms with Gasteiger partial charge in [0.2, 0.25) is 0 Å². The van der Waals surface area contributed by atoms with Crippen LogP contribution in [-0.2, 0) is 16.1 Å². The van der Waals surface area contributed by atoms with E-state index in [1.165, 1.54) is 0 Å². The molecule has 2 aromatic carbocycles. The molecule has 32 heavy (non-hydrogen) atoms. The fourth-order valence-corrected chi connectivity index (χ4v) is 3.36. The first-order valence-corrected chi connectivity index (χ1v) is 9.51. The Morgan fingerprint density at radius 2 is 1.94 bits per heavy atom. The fourth-order valence-electron chi connectivity index (χ4n) is 3.36. The number of aromatic nitrogens is 3. The summed E-state index contributed by atoms with van der Waals surface area (Å²) in [5.74, 6) is -0.423. The van der Waals surface area contributed by atoms with Gasteiger partial charge in [-0.15, -0.1) is 4.68 Å². The summed E-state index contributed by atoms with van der Waals surface area (Å²) in [6.07, 6.45) is -0.675. The molecule has 0 fully saturated rings. The van der Waals surface area contributed by atoms with E-state index < -0.39 is 12.1 Å². The molecule has 160 valence electrons. The molecule has 2 heterocycles. The molecule has 4 aromatic rings. The summed E-state index contributed by atoms with van der Waals surface area (Å²) >= 11 is 0. The molecular formula is C22H21N4NaO5. The van der Waals surface area contributed by atoms with Crippen LogP contribution < -0.4 is 39.6 Å². The van der Waals surface area contributed by atoms with E-state index >= 15 is 0 Å². The zero-order valence-corrected chi connectivity index (χ0v) is 20.0. The van der Waals surface area contributed by atoms with E-state index in [2.05, 4.69) is 15.4 Å². The zero-order chi connectivity index (χ0) is 22.0. The second-order valence-electron chi connectivity index (χ2n) is 6.85. The Morgan fingerprint density at radius 1 is 1.19 bits per heavy atom. The number of benzene rings is 2. The summed E-state index contributed by atoms with van der Waals surface area (Å²) in [5.41, 5.74) is 2.70. The number of carboxylic acid groups (broad SMARTS) is 1. The van der Waals surface area contributed by atoms with Crippen molar-refractivity contribution in [3.05, 3.63) is 59.8 Å². The molecule has 4 rings (SSSR count). The standard InChI is InChI=1S/C22H20N4O5.Na.H/c1-13-19-20(23-11-18(27)28)16-10-15(30-2)8-9-17(16)24-21(19)26(25-13)22(29)31-12-14-6-4-3-5-7-14;;/h3-10H,11-12H2,1-2H3,(H,23,24)(H,27,28);;/q;+1;-1. The normalized spacial score (nSPS) is 10.6. The van der Waals surface area contributed by atoms with Crippen LogP contribution in [0.5, 0.6) is 5.75 Å². The monoisotopic (exact) mass is 444 g/mol. The van der Waals surface area contributed by atoms with Crippen LogP contribution in [-0.4, -0.2) is 45.6 Å². The molecule has 0 bridgehead atoms. The van der Waals surface area contributed by atoms with Gasteiger partial charge in [-0.2, -0.15) is 5.10 Å². The van der Waals surface area contributed by atoms with Gasteiger partial charge in [-0.25, -0.2) is 9.78 Å². The van der Waals surface area contributed by atoms with Gasteiger partial charge < -0.3 is 21.3 Å². The summed E-state index contributed by atoms with van der Waals surface area (Å²) in [4.78, 5) is 28.5. The third kappa shape index (κ3) is 4.69. The first-order valence-electron chi connectivity index (χ1n) is 9.51. The predicted molar refractivity (Wildman–Crippen MR) is 116 cm³/mol. The van der Waals surface area contributed by atoms with Crippen molar-refractivity contribution < 1.29 is 55.2 Å². The molecule has 0 amide bonds. The van der Waals surface area contributed by atoms with E-state index in [1.807, 2.05) is 30.3 Å². The van der Waals surface area contributed by atoms with Gasteiger partial charge in [-0.3, -0.25) is 4.79 Å². The number of rotatable bonds is 6. The summed E-state index contributed by atoms with van der Waals surface area (Å²) in [6.45, 7) is 1.51. The number of aliphatic carboxylic acids is 1. The Morgan fingerprint density at radius 3 is 2.62 bits per heavy atom. The summed E-state index contributed by atoms with van der Waals surface area (Å²) < 4.78 is 11.8. The fraction of sp³-hybridized carbons (Fsp3) is 0.182. The number of ether oxygens (including phenoxy) is 2. The number of nitrogens with one attached hydrogen (secondary N) is 1. The van der Waals surface area contributed by atoms with Crippen molar-refractivity contribution >= 4 is 39.7 Å². The summed E-state index contributed by atoms with van der Waals surface area (Å²) in [6, 6.07) is 14.5. The number of anilines is 1. The van der Waals surface area contributed by atoms with Crippen molar-refractivity contribution in [3.63, 3.8) is 0 Å². The number of methoxy groups -OCH3 is 1. The smallest absolute Gasteiger partial charge is 1.00 e. The molecule has 2 N–H and O–H groups in total. The molecule has 0 radical (unpaired) electrons. The number of hydrogen-bond donors (Lipinski definition) is 2. The van der Waals surface area contributed by atoms with Crippen LogP contribution in [0.4, 0.5) is 10.5 Å². The van der Waals surface area contributed by atoms with E-state index in [9.17, 15) is 9.59 Å². The number of carboxylic acids is 1. The second-order valence-corrected chi connectivity index (χ2v) is 6.85. The van der Waals surface area contributed by atoms with E-state index in [-0.39, 0.29) is 49.8 Å². The van der Waals surface area contributed by atoms with E-state index in [0.29, 0.717) is 33.4 Å². The first kappa shape index (κ1) is 23.5. The molecule has 9 nitrogen and oxygen atoms in total. The van der Waals surface area contributed by atoms with Crippen molar-refractivity contribution in [2.24, 2.45) is 0 Å². The van der Waals surface area contributed by atoms with Crippen LogP contribution in [0.25, 0.3) is 21.9 Å².